The summed E-state index contributed by atoms with van der Waals surface area (Å²) in [6, 6.07) is 8.13. The third kappa shape index (κ3) is 4.71. The summed E-state index contributed by atoms with van der Waals surface area (Å²) in [4.78, 5) is 11.9. The Kier molecular flexibility index (Phi) is 5.57. The van der Waals surface area contributed by atoms with Crippen LogP contribution in [0.15, 0.2) is 30.3 Å². The van der Waals surface area contributed by atoms with Crippen molar-refractivity contribution in [3.63, 3.8) is 0 Å². The zero-order valence-electron chi connectivity index (χ0n) is 12.9. The number of nitrogens with one attached hydrogen (secondary N) is 1. The van der Waals surface area contributed by atoms with Crippen molar-refractivity contribution in [3.8, 4) is 0 Å². The summed E-state index contributed by atoms with van der Waals surface area (Å²) < 4.78 is 0. The summed E-state index contributed by atoms with van der Waals surface area (Å²) in [5, 5.41) is 12.7. The van der Waals surface area contributed by atoms with E-state index in [1.807, 2.05) is 18.2 Å². The number of carbonyl (C=O) groups is 1. The first-order valence-corrected chi connectivity index (χ1v) is 7.83. The number of benzene rings is 1. The van der Waals surface area contributed by atoms with Gasteiger partial charge in [-0.25, -0.2) is 0 Å². The van der Waals surface area contributed by atoms with Crippen molar-refractivity contribution in [2.45, 2.75) is 57.6 Å². The fourth-order valence-electron chi connectivity index (χ4n) is 2.67. The van der Waals surface area contributed by atoms with Crippen molar-refractivity contribution in [1.82, 2.24) is 5.32 Å². The van der Waals surface area contributed by atoms with Gasteiger partial charge >= 0.3 is 0 Å². The zero-order valence-corrected chi connectivity index (χ0v) is 12.9. The second kappa shape index (κ2) is 7.41. The van der Waals surface area contributed by atoms with E-state index in [9.17, 15) is 9.90 Å². The normalized spacial score (nSPS) is 22.7. The maximum atomic E-state index is 11.9. The van der Waals surface area contributed by atoms with Crippen LogP contribution in [0, 0.1) is 0 Å². The fraction of sp³-hybridized carbons (Fsp3) is 0.500. The molecule has 1 aliphatic carbocycles. The molecule has 0 radical (unpaired) electrons. The largest absolute Gasteiger partial charge is 0.391 e. The van der Waals surface area contributed by atoms with Gasteiger partial charge in [-0.05, 0) is 36.0 Å². The van der Waals surface area contributed by atoms with Gasteiger partial charge in [-0.3, -0.25) is 4.79 Å². The Labute approximate surface area is 127 Å². The first-order chi connectivity index (χ1) is 10.1. The smallest absolute Gasteiger partial charge is 0.244 e. The molecule has 2 rings (SSSR count). The molecule has 0 bridgehead atoms. The van der Waals surface area contributed by atoms with E-state index in [1.54, 1.807) is 6.08 Å². The molecule has 0 heterocycles. The van der Waals surface area contributed by atoms with Crippen molar-refractivity contribution in [1.29, 1.82) is 0 Å². The predicted molar refractivity (Wildman–Crippen MR) is 86.0 cm³/mol. The van der Waals surface area contributed by atoms with E-state index in [0.717, 1.165) is 31.2 Å². The SMILES string of the molecule is CC(C)c1ccc(/C=C/C(=O)N[C@H]2CCCC[C@@H]2O)cc1. The number of hydrogen-bond donors (Lipinski definition) is 2. The molecule has 0 spiro atoms. The topological polar surface area (TPSA) is 49.3 Å². The molecule has 3 heteroatoms. The predicted octanol–water partition coefficient (Wildman–Crippen LogP) is 3.24. The molecule has 1 fully saturated rings. The summed E-state index contributed by atoms with van der Waals surface area (Å²) in [7, 11) is 0. The van der Waals surface area contributed by atoms with E-state index in [0.29, 0.717) is 5.92 Å². The highest BCUT2D eigenvalue weighted by atomic mass is 16.3. The molecule has 1 amide bonds. The number of hydrogen-bond acceptors (Lipinski definition) is 2. The second-order valence-corrected chi connectivity index (χ2v) is 6.12. The standard InChI is InChI=1S/C18H25NO2/c1-13(2)15-10-7-14(8-11-15)9-12-18(21)19-16-5-3-4-6-17(16)20/h7-13,16-17,20H,3-6H2,1-2H3,(H,19,21)/b12-9+/t16-,17-/m0/s1. The molecule has 1 aromatic carbocycles. The minimum atomic E-state index is -0.401. The molecular weight excluding hydrogens is 262 g/mol. The Hall–Kier alpha value is -1.61. The first kappa shape index (κ1) is 15.8. The highest BCUT2D eigenvalue weighted by Gasteiger charge is 2.23. The molecule has 3 nitrogen and oxygen atoms in total. The van der Waals surface area contributed by atoms with E-state index < -0.39 is 6.10 Å². The molecule has 1 aliphatic rings. The van der Waals surface area contributed by atoms with Gasteiger partial charge in [0.2, 0.25) is 5.91 Å². The maximum Gasteiger partial charge on any atom is 0.244 e. The van der Waals surface area contributed by atoms with Gasteiger partial charge in [-0.1, -0.05) is 51.0 Å². The van der Waals surface area contributed by atoms with Crippen LogP contribution in [0.25, 0.3) is 6.08 Å². The Morgan fingerprint density at radius 1 is 1.24 bits per heavy atom. The third-order valence-corrected chi connectivity index (χ3v) is 4.09. The minimum absolute atomic E-state index is 0.0979. The second-order valence-electron chi connectivity index (χ2n) is 6.12. The summed E-state index contributed by atoms with van der Waals surface area (Å²) in [6.45, 7) is 4.32. The third-order valence-electron chi connectivity index (χ3n) is 4.09. The summed E-state index contributed by atoms with van der Waals surface area (Å²) in [5.74, 6) is 0.382. The molecular formula is C18H25NO2. The highest BCUT2D eigenvalue weighted by molar-refractivity contribution is 5.91. The van der Waals surface area contributed by atoms with Crippen LogP contribution in [0.4, 0.5) is 0 Å². The van der Waals surface area contributed by atoms with Gasteiger partial charge in [0.25, 0.3) is 0 Å². The first-order valence-electron chi connectivity index (χ1n) is 7.83. The van der Waals surface area contributed by atoms with Crippen LogP contribution in [0.5, 0.6) is 0 Å². The lowest BCUT2D eigenvalue weighted by molar-refractivity contribution is -0.118. The van der Waals surface area contributed by atoms with Crippen molar-refractivity contribution < 1.29 is 9.90 Å². The lowest BCUT2D eigenvalue weighted by Gasteiger charge is -2.27. The molecule has 1 aromatic rings. The van der Waals surface area contributed by atoms with Crippen LogP contribution in [0.1, 0.15) is 56.6 Å². The van der Waals surface area contributed by atoms with Crippen LogP contribution in [-0.4, -0.2) is 23.2 Å². The Bertz CT molecular complexity index is 490. The highest BCUT2D eigenvalue weighted by Crippen LogP contribution is 2.18. The van der Waals surface area contributed by atoms with E-state index in [1.165, 1.54) is 5.56 Å². The van der Waals surface area contributed by atoms with Crippen molar-refractivity contribution in [3.05, 3.63) is 41.5 Å². The lowest BCUT2D eigenvalue weighted by Crippen LogP contribution is -2.44. The average molecular weight is 287 g/mol. The number of rotatable bonds is 4. The van der Waals surface area contributed by atoms with Crippen molar-refractivity contribution in [2.24, 2.45) is 0 Å². The Morgan fingerprint density at radius 3 is 2.52 bits per heavy atom. The Morgan fingerprint density at radius 2 is 1.90 bits per heavy atom. The molecule has 1 saturated carbocycles. The number of carbonyl (C=O) groups excluding carboxylic acids is 1. The maximum absolute atomic E-state index is 11.9. The van der Waals surface area contributed by atoms with Gasteiger partial charge in [0.05, 0.1) is 12.1 Å². The molecule has 0 aliphatic heterocycles. The van der Waals surface area contributed by atoms with Gasteiger partial charge in [-0.15, -0.1) is 0 Å². The van der Waals surface area contributed by atoms with Crippen LogP contribution in [0.2, 0.25) is 0 Å². The molecule has 21 heavy (non-hydrogen) atoms. The van der Waals surface area contributed by atoms with Crippen molar-refractivity contribution in [2.75, 3.05) is 0 Å². The number of aliphatic hydroxyl groups is 1. The minimum Gasteiger partial charge on any atom is -0.391 e. The number of amides is 1. The van der Waals surface area contributed by atoms with Gasteiger partial charge in [0.15, 0.2) is 0 Å². The van der Waals surface area contributed by atoms with Crippen LogP contribution < -0.4 is 5.32 Å². The van der Waals surface area contributed by atoms with Gasteiger partial charge in [-0.2, -0.15) is 0 Å². The summed E-state index contributed by atoms with van der Waals surface area (Å²) >= 11 is 0. The summed E-state index contributed by atoms with van der Waals surface area (Å²) in [6.07, 6.45) is 6.73. The molecule has 2 N–H and O–H groups in total. The van der Waals surface area contributed by atoms with E-state index in [2.05, 4.69) is 31.3 Å². The van der Waals surface area contributed by atoms with Crippen LogP contribution >= 0.6 is 0 Å². The Balaban J connectivity index is 1.89. The van der Waals surface area contributed by atoms with Crippen LogP contribution in [0.3, 0.4) is 0 Å². The quantitative estimate of drug-likeness (QED) is 0.835. The van der Waals surface area contributed by atoms with Gasteiger partial charge in [0.1, 0.15) is 0 Å². The van der Waals surface area contributed by atoms with E-state index >= 15 is 0 Å². The molecule has 0 unspecified atom stereocenters. The van der Waals surface area contributed by atoms with E-state index in [4.69, 9.17) is 0 Å². The molecule has 0 aromatic heterocycles. The van der Waals surface area contributed by atoms with E-state index in [-0.39, 0.29) is 11.9 Å². The molecule has 114 valence electrons. The zero-order chi connectivity index (χ0) is 15.2. The van der Waals surface area contributed by atoms with Gasteiger partial charge < -0.3 is 10.4 Å². The molecule has 2 atom stereocenters. The lowest BCUT2D eigenvalue weighted by atomic mass is 9.92. The van der Waals surface area contributed by atoms with Crippen molar-refractivity contribution >= 4 is 12.0 Å². The fourth-order valence-corrected chi connectivity index (χ4v) is 2.67. The van der Waals surface area contributed by atoms with Gasteiger partial charge in [0, 0.05) is 6.08 Å². The van der Waals surface area contributed by atoms with Crippen LogP contribution in [-0.2, 0) is 4.79 Å². The number of aliphatic hydroxyl groups excluding tert-OH is 1. The average Bonchev–Trinajstić information content (AvgIpc) is 2.48. The molecule has 0 saturated heterocycles. The summed E-state index contributed by atoms with van der Waals surface area (Å²) in [5.41, 5.74) is 2.31. The monoisotopic (exact) mass is 287 g/mol.